The fourth-order valence-electron chi connectivity index (χ4n) is 2.97. The van der Waals surface area contributed by atoms with Crippen LogP contribution in [0.2, 0.25) is 0 Å². The quantitative estimate of drug-likeness (QED) is 0.855. The first-order valence-electron chi connectivity index (χ1n) is 8.35. The molecule has 1 saturated heterocycles. The molecule has 0 N–H and O–H groups in total. The van der Waals surface area contributed by atoms with Crippen LogP contribution in [0.1, 0.15) is 19.8 Å². The molecule has 0 radical (unpaired) electrons. The number of piperidine rings is 1. The summed E-state index contributed by atoms with van der Waals surface area (Å²) < 4.78 is 16.4. The van der Waals surface area contributed by atoms with Crippen LogP contribution < -0.4 is 9.47 Å². The van der Waals surface area contributed by atoms with E-state index in [1.165, 1.54) is 0 Å². The number of hydrogen-bond donors (Lipinski definition) is 0. The number of fused-ring (bicyclic) bond motifs is 1. The van der Waals surface area contributed by atoms with Crippen LogP contribution in [0.3, 0.4) is 0 Å². The zero-order chi connectivity index (χ0) is 16.9. The molecule has 3 rings (SSSR count). The van der Waals surface area contributed by atoms with E-state index in [2.05, 4.69) is 0 Å². The van der Waals surface area contributed by atoms with Gasteiger partial charge in [-0.25, -0.2) is 4.79 Å². The fraction of sp³-hybridized carbons (Fsp3) is 0.421. The number of carbonyl (C=O) groups is 1. The minimum absolute atomic E-state index is 0.131. The van der Waals surface area contributed by atoms with Gasteiger partial charge in [0.2, 0.25) is 0 Å². The molecular weight excluding hydrogens is 306 g/mol. The molecular formula is C19H23NO4. The van der Waals surface area contributed by atoms with E-state index < -0.39 is 0 Å². The largest absolute Gasteiger partial charge is 0.497 e. The van der Waals surface area contributed by atoms with Crippen molar-refractivity contribution in [2.24, 2.45) is 0 Å². The second kappa shape index (κ2) is 7.43. The third-order valence-electron chi connectivity index (χ3n) is 4.29. The van der Waals surface area contributed by atoms with Crippen LogP contribution in [-0.2, 0) is 4.74 Å². The lowest BCUT2D eigenvalue weighted by molar-refractivity contribution is 0.0704. The predicted molar refractivity (Wildman–Crippen MR) is 92.7 cm³/mol. The molecule has 2 aromatic rings. The predicted octanol–water partition coefficient (Wildman–Crippen LogP) is 3.85. The zero-order valence-electron chi connectivity index (χ0n) is 14.2. The minimum atomic E-state index is -0.226. The summed E-state index contributed by atoms with van der Waals surface area (Å²) in [7, 11) is 1.67. The van der Waals surface area contributed by atoms with Crippen LogP contribution in [0.15, 0.2) is 36.4 Å². The number of carbonyl (C=O) groups excluding carboxylic acids is 1. The molecule has 0 bridgehead atoms. The van der Waals surface area contributed by atoms with E-state index in [4.69, 9.17) is 14.2 Å². The molecule has 5 heteroatoms. The highest BCUT2D eigenvalue weighted by Crippen LogP contribution is 2.26. The molecule has 1 aliphatic heterocycles. The normalized spacial score (nSPS) is 15.3. The summed E-state index contributed by atoms with van der Waals surface area (Å²) in [6.45, 7) is 3.59. The molecule has 0 unspecified atom stereocenters. The van der Waals surface area contributed by atoms with Gasteiger partial charge in [-0.15, -0.1) is 0 Å². The first kappa shape index (κ1) is 16.4. The molecule has 0 aliphatic carbocycles. The summed E-state index contributed by atoms with van der Waals surface area (Å²) in [5.74, 6) is 1.71. The Bertz CT molecular complexity index is 708. The van der Waals surface area contributed by atoms with Crippen molar-refractivity contribution in [2.45, 2.75) is 25.9 Å². The molecule has 0 spiro atoms. The van der Waals surface area contributed by atoms with Gasteiger partial charge in [0.25, 0.3) is 0 Å². The maximum Gasteiger partial charge on any atom is 0.409 e. The Morgan fingerprint density at radius 3 is 2.33 bits per heavy atom. The maximum atomic E-state index is 11.7. The molecule has 0 saturated carbocycles. The molecule has 1 amide bonds. The Kier molecular flexibility index (Phi) is 5.08. The van der Waals surface area contributed by atoms with Gasteiger partial charge in [-0.1, -0.05) is 12.1 Å². The highest BCUT2D eigenvalue weighted by atomic mass is 16.6. The van der Waals surface area contributed by atoms with Gasteiger partial charge in [0.05, 0.1) is 13.7 Å². The number of likely N-dealkylation sites (tertiary alicyclic amines) is 1. The Morgan fingerprint density at radius 2 is 1.71 bits per heavy atom. The zero-order valence-corrected chi connectivity index (χ0v) is 14.2. The van der Waals surface area contributed by atoms with E-state index in [9.17, 15) is 4.79 Å². The van der Waals surface area contributed by atoms with Crippen LogP contribution in [0.25, 0.3) is 10.8 Å². The SMILES string of the molecule is CCOC(=O)N1CCC(Oc2ccc3cc(OC)ccc3c2)CC1. The van der Waals surface area contributed by atoms with Crippen molar-refractivity contribution in [3.63, 3.8) is 0 Å². The number of ether oxygens (including phenoxy) is 3. The summed E-state index contributed by atoms with van der Waals surface area (Å²) in [4.78, 5) is 13.5. The average molecular weight is 329 g/mol. The summed E-state index contributed by atoms with van der Waals surface area (Å²) in [6, 6.07) is 12.1. The van der Waals surface area contributed by atoms with Gasteiger partial charge in [0, 0.05) is 25.9 Å². The van der Waals surface area contributed by atoms with Crippen LogP contribution in [-0.4, -0.2) is 43.9 Å². The highest BCUT2D eigenvalue weighted by Gasteiger charge is 2.24. The van der Waals surface area contributed by atoms with Crippen LogP contribution in [0, 0.1) is 0 Å². The van der Waals surface area contributed by atoms with Crippen molar-refractivity contribution in [3.05, 3.63) is 36.4 Å². The van der Waals surface area contributed by atoms with E-state index in [-0.39, 0.29) is 12.2 Å². The first-order chi connectivity index (χ1) is 11.7. The van der Waals surface area contributed by atoms with Gasteiger partial charge in [-0.3, -0.25) is 0 Å². The Morgan fingerprint density at radius 1 is 1.08 bits per heavy atom. The van der Waals surface area contributed by atoms with Crippen molar-refractivity contribution < 1.29 is 19.0 Å². The second-order valence-electron chi connectivity index (χ2n) is 5.88. The lowest BCUT2D eigenvalue weighted by Gasteiger charge is -2.31. The molecule has 0 aromatic heterocycles. The molecule has 2 aromatic carbocycles. The molecule has 1 heterocycles. The maximum absolute atomic E-state index is 11.7. The van der Waals surface area contributed by atoms with Crippen LogP contribution in [0.4, 0.5) is 4.79 Å². The summed E-state index contributed by atoms with van der Waals surface area (Å²) in [5, 5.41) is 2.25. The second-order valence-corrected chi connectivity index (χ2v) is 5.88. The van der Waals surface area contributed by atoms with Gasteiger partial charge in [0.1, 0.15) is 17.6 Å². The van der Waals surface area contributed by atoms with Gasteiger partial charge in [-0.05, 0) is 42.0 Å². The first-order valence-corrected chi connectivity index (χ1v) is 8.35. The van der Waals surface area contributed by atoms with Crippen molar-refractivity contribution in [1.29, 1.82) is 0 Å². The van der Waals surface area contributed by atoms with Gasteiger partial charge < -0.3 is 19.1 Å². The molecule has 1 aliphatic rings. The lowest BCUT2D eigenvalue weighted by Crippen LogP contribution is -2.42. The minimum Gasteiger partial charge on any atom is -0.497 e. The number of benzene rings is 2. The van der Waals surface area contributed by atoms with E-state index >= 15 is 0 Å². The van der Waals surface area contributed by atoms with E-state index in [0.29, 0.717) is 19.7 Å². The Balaban J connectivity index is 1.61. The molecule has 128 valence electrons. The van der Waals surface area contributed by atoms with Gasteiger partial charge in [-0.2, -0.15) is 0 Å². The average Bonchev–Trinajstić information content (AvgIpc) is 2.62. The molecule has 0 atom stereocenters. The van der Waals surface area contributed by atoms with Crippen LogP contribution in [0.5, 0.6) is 11.5 Å². The monoisotopic (exact) mass is 329 g/mol. The number of nitrogens with zero attached hydrogens (tertiary/aromatic N) is 1. The highest BCUT2D eigenvalue weighted by molar-refractivity contribution is 5.85. The van der Waals surface area contributed by atoms with Crippen molar-refractivity contribution in [1.82, 2.24) is 4.90 Å². The van der Waals surface area contributed by atoms with Crippen molar-refractivity contribution in [3.8, 4) is 11.5 Å². The third-order valence-corrected chi connectivity index (χ3v) is 4.29. The number of rotatable bonds is 4. The molecule has 5 nitrogen and oxygen atoms in total. The Hall–Kier alpha value is -2.43. The molecule has 1 fully saturated rings. The third kappa shape index (κ3) is 3.72. The van der Waals surface area contributed by atoms with E-state index in [0.717, 1.165) is 35.1 Å². The smallest absolute Gasteiger partial charge is 0.409 e. The number of amides is 1. The van der Waals surface area contributed by atoms with Gasteiger partial charge in [0.15, 0.2) is 0 Å². The summed E-state index contributed by atoms with van der Waals surface area (Å²) >= 11 is 0. The van der Waals surface area contributed by atoms with E-state index in [1.54, 1.807) is 12.0 Å². The van der Waals surface area contributed by atoms with Gasteiger partial charge >= 0.3 is 6.09 Å². The van der Waals surface area contributed by atoms with Crippen molar-refractivity contribution in [2.75, 3.05) is 26.8 Å². The summed E-state index contributed by atoms with van der Waals surface area (Å²) in [5.41, 5.74) is 0. The molecule has 24 heavy (non-hydrogen) atoms. The standard InChI is InChI=1S/C19H23NO4/c1-3-23-19(21)20-10-8-16(9-11-20)24-18-7-5-14-12-17(22-2)6-4-15(14)13-18/h4-7,12-13,16H,3,8-11H2,1-2H3. The fourth-order valence-corrected chi connectivity index (χ4v) is 2.97. The summed E-state index contributed by atoms with van der Waals surface area (Å²) in [6.07, 6.45) is 1.54. The Labute approximate surface area is 142 Å². The number of methoxy groups -OCH3 is 1. The lowest BCUT2D eigenvalue weighted by atomic mass is 10.1. The van der Waals surface area contributed by atoms with Crippen molar-refractivity contribution >= 4 is 16.9 Å². The van der Waals surface area contributed by atoms with Crippen LogP contribution >= 0.6 is 0 Å². The topological polar surface area (TPSA) is 48.0 Å². The number of hydrogen-bond acceptors (Lipinski definition) is 4. The van der Waals surface area contributed by atoms with E-state index in [1.807, 2.05) is 43.3 Å².